The SMILES string of the molecule is CCn1cc(-c2cccc(C(NC(=O)c3ncc(Cl)cc3C(F)(F)F)C3(O)CCC(F)(F)CC3)c2)cn1. The number of nitrogens with one attached hydrogen (secondary N) is 1. The maximum Gasteiger partial charge on any atom is 0.418 e. The van der Waals surface area contributed by atoms with Gasteiger partial charge < -0.3 is 10.4 Å². The van der Waals surface area contributed by atoms with Crippen LogP contribution in [0.25, 0.3) is 11.1 Å². The Bertz CT molecular complexity index is 1280. The molecular weight excluding hydrogens is 519 g/mol. The van der Waals surface area contributed by atoms with Crippen molar-refractivity contribution in [3.05, 3.63) is 70.8 Å². The van der Waals surface area contributed by atoms with Gasteiger partial charge in [0.05, 0.1) is 28.4 Å². The number of benzene rings is 1. The first-order valence-electron chi connectivity index (χ1n) is 11.6. The third-order valence-corrected chi connectivity index (χ3v) is 6.75. The second-order valence-corrected chi connectivity index (χ2v) is 9.56. The summed E-state index contributed by atoms with van der Waals surface area (Å²) >= 11 is 5.68. The molecule has 1 fully saturated rings. The number of halogens is 6. The minimum absolute atomic E-state index is 0.311. The summed E-state index contributed by atoms with van der Waals surface area (Å²) in [5, 5.41) is 17.8. The fourth-order valence-electron chi connectivity index (χ4n) is 4.48. The van der Waals surface area contributed by atoms with Gasteiger partial charge in [0.15, 0.2) is 0 Å². The van der Waals surface area contributed by atoms with Gasteiger partial charge in [0.2, 0.25) is 5.92 Å². The number of aromatic nitrogens is 3. The summed E-state index contributed by atoms with van der Waals surface area (Å²) in [5.41, 5.74) is -2.39. The van der Waals surface area contributed by atoms with E-state index in [1.807, 2.05) is 6.92 Å². The van der Waals surface area contributed by atoms with Gasteiger partial charge >= 0.3 is 6.18 Å². The standard InChI is InChI=1S/C25H24ClF5N4O2/c1-2-35-14-17(12-33-35)15-4-3-5-16(10-15)21(23(37)6-8-24(27,28)9-7-23)34-22(36)20-19(25(29,30)31)11-18(26)13-32-20/h3-5,10-14,21,37H,2,6-9H2,1H3,(H,34,36). The number of hydrogen-bond acceptors (Lipinski definition) is 4. The Kier molecular flexibility index (Phi) is 7.31. The van der Waals surface area contributed by atoms with E-state index in [0.717, 1.165) is 11.8 Å². The van der Waals surface area contributed by atoms with Crippen molar-refractivity contribution in [2.75, 3.05) is 0 Å². The van der Waals surface area contributed by atoms with Crippen LogP contribution in [0.1, 0.15) is 60.3 Å². The summed E-state index contributed by atoms with van der Waals surface area (Å²) in [5.74, 6) is -4.21. The summed E-state index contributed by atoms with van der Waals surface area (Å²) in [7, 11) is 0. The molecule has 6 nitrogen and oxygen atoms in total. The van der Waals surface area contributed by atoms with Gasteiger partial charge in [-0.05, 0) is 43.0 Å². The highest BCUT2D eigenvalue weighted by Gasteiger charge is 2.48. The highest BCUT2D eigenvalue weighted by Crippen LogP contribution is 2.45. The van der Waals surface area contributed by atoms with Gasteiger partial charge in [0.25, 0.3) is 5.91 Å². The Hall–Kier alpha value is -3.05. The molecule has 0 spiro atoms. The Morgan fingerprint density at radius 2 is 1.86 bits per heavy atom. The minimum Gasteiger partial charge on any atom is -0.387 e. The zero-order chi connectivity index (χ0) is 27.0. The lowest BCUT2D eigenvalue weighted by Gasteiger charge is -2.42. The number of carbonyl (C=O) groups is 1. The topological polar surface area (TPSA) is 80.0 Å². The first-order valence-corrected chi connectivity index (χ1v) is 12.0. The molecule has 1 saturated carbocycles. The van der Waals surface area contributed by atoms with Gasteiger partial charge in [-0.15, -0.1) is 0 Å². The minimum atomic E-state index is -4.93. The molecule has 3 aromatic rings. The molecule has 198 valence electrons. The van der Waals surface area contributed by atoms with Crippen molar-refractivity contribution in [2.45, 2.75) is 62.9 Å². The van der Waals surface area contributed by atoms with E-state index in [0.29, 0.717) is 23.7 Å². The van der Waals surface area contributed by atoms with Crippen molar-refractivity contribution in [1.82, 2.24) is 20.1 Å². The highest BCUT2D eigenvalue weighted by molar-refractivity contribution is 6.30. The molecule has 2 aromatic heterocycles. The third-order valence-electron chi connectivity index (χ3n) is 6.55. The van der Waals surface area contributed by atoms with Crippen LogP contribution in [-0.4, -0.2) is 37.3 Å². The molecule has 12 heteroatoms. The van der Waals surface area contributed by atoms with E-state index >= 15 is 0 Å². The van der Waals surface area contributed by atoms with Gasteiger partial charge in [-0.2, -0.15) is 18.3 Å². The first-order chi connectivity index (χ1) is 17.3. The van der Waals surface area contributed by atoms with Crippen molar-refractivity contribution in [1.29, 1.82) is 0 Å². The Labute approximate surface area is 214 Å². The Morgan fingerprint density at radius 1 is 1.16 bits per heavy atom. The van der Waals surface area contributed by atoms with Crippen molar-refractivity contribution in [3.8, 4) is 11.1 Å². The number of alkyl halides is 5. The van der Waals surface area contributed by atoms with Crippen molar-refractivity contribution < 1.29 is 31.9 Å². The lowest BCUT2D eigenvalue weighted by Crippen LogP contribution is -2.50. The van der Waals surface area contributed by atoms with Gasteiger partial charge in [0, 0.05) is 37.3 Å². The van der Waals surface area contributed by atoms with Crippen LogP contribution in [0.5, 0.6) is 0 Å². The van der Waals surface area contributed by atoms with Crippen LogP contribution in [-0.2, 0) is 12.7 Å². The molecule has 1 aliphatic carbocycles. The maximum atomic E-state index is 13.9. The van der Waals surface area contributed by atoms with Gasteiger partial charge in [-0.25, -0.2) is 13.8 Å². The molecule has 1 aliphatic rings. The zero-order valence-electron chi connectivity index (χ0n) is 19.7. The van der Waals surface area contributed by atoms with E-state index in [1.165, 1.54) is 0 Å². The molecular formula is C25H24ClF5N4O2. The number of aliphatic hydroxyl groups is 1. The van der Waals surface area contributed by atoms with Crippen molar-refractivity contribution >= 4 is 17.5 Å². The lowest BCUT2D eigenvalue weighted by molar-refractivity contribution is -0.138. The van der Waals surface area contributed by atoms with E-state index < -0.39 is 53.7 Å². The molecule has 1 unspecified atom stereocenters. The number of nitrogens with zero attached hydrogens (tertiary/aromatic N) is 3. The van der Waals surface area contributed by atoms with E-state index in [1.54, 1.807) is 41.3 Å². The molecule has 0 bridgehead atoms. The number of carbonyl (C=O) groups excluding carboxylic acids is 1. The largest absolute Gasteiger partial charge is 0.418 e. The second-order valence-electron chi connectivity index (χ2n) is 9.12. The maximum absolute atomic E-state index is 13.9. The zero-order valence-corrected chi connectivity index (χ0v) is 20.5. The number of aryl methyl sites for hydroxylation is 1. The summed E-state index contributed by atoms with van der Waals surface area (Å²) in [4.78, 5) is 16.7. The van der Waals surface area contributed by atoms with E-state index in [9.17, 15) is 31.9 Å². The molecule has 1 aromatic carbocycles. The van der Waals surface area contributed by atoms with Gasteiger partial charge in [-0.1, -0.05) is 29.8 Å². The van der Waals surface area contributed by atoms with Crippen LogP contribution in [0.4, 0.5) is 22.0 Å². The monoisotopic (exact) mass is 542 g/mol. The van der Waals surface area contributed by atoms with E-state index in [2.05, 4.69) is 15.4 Å². The average Bonchev–Trinajstić information content (AvgIpc) is 3.33. The molecule has 37 heavy (non-hydrogen) atoms. The summed E-state index contributed by atoms with van der Waals surface area (Å²) in [6.45, 7) is 2.54. The first kappa shape index (κ1) is 27.0. The van der Waals surface area contributed by atoms with E-state index in [4.69, 9.17) is 11.6 Å². The molecule has 4 rings (SSSR count). The Morgan fingerprint density at radius 3 is 2.49 bits per heavy atom. The highest BCUT2D eigenvalue weighted by atomic mass is 35.5. The van der Waals surface area contributed by atoms with Crippen LogP contribution in [0.15, 0.2) is 48.9 Å². The van der Waals surface area contributed by atoms with E-state index in [-0.39, 0.29) is 17.9 Å². The molecule has 2 heterocycles. The predicted octanol–water partition coefficient (Wildman–Crippen LogP) is 6.05. The number of pyridine rings is 1. The molecule has 0 radical (unpaired) electrons. The van der Waals surface area contributed by atoms with Crippen LogP contribution in [0.2, 0.25) is 5.02 Å². The van der Waals surface area contributed by atoms with Crippen LogP contribution < -0.4 is 5.32 Å². The molecule has 2 N–H and O–H groups in total. The quantitative estimate of drug-likeness (QED) is 0.372. The van der Waals surface area contributed by atoms with Crippen molar-refractivity contribution in [2.24, 2.45) is 0 Å². The fraction of sp³-hybridized carbons (Fsp3) is 0.400. The smallest absolute Gasteiger partial charge is 0.387 e. The van der Waals surface area contributed by atoms with Crippen LogP contribution in [0, 0.1) is 0 Å². The third kappa shape index (κ3) is 5.93. The average molecular weight is 543 g/mol. The van der Waals surface area contributed by atoms with Crippen LogP contribution in [0.3, 0.4) is 0 Å². The van der Waals surface area contributed by atoms with Crippen LogP contribution >= 0.6 is 11.6 Å². The fourth-order valence-corrected chi connectivity index (χ4v) is 4.64. The summed E-state index contributed by atoms with van der Waals surface area (Å²) < 4.78 is 70.4. The normalized spacial score (nSPS) is 17.8. The molecule has 1 amide bonds. The molecule has 0 aliphatic heterocycles. The van der Waals surface area contributed by atoms with Gasteiger partial charge in [0.1, 0.15) is 5.69 Å². The number of rotatable bonds is 6. The Balaban J connectivity index is 1.74. The second kappa shape index (κ2) is 10.0. The lowest BCUT2D eigenvalue weighted by atomic mass is 9.75. The molecule has 0 saturated heterocycles. The molecule has 1 atom stereocenters. The summed E-state index contributed by atoms with van der Waals surface area (Å²) in [6.07, 6.45) is -2.62. The van der Waals surface area contributed by atoms with Crippen molar-refractivity contribution in [3.63, 3.8) is 0 Å². The predicted molar refractivity (Wildman–Crippen MR) is 126 cm³/mol. The van der Waals surface area contributed by atoms with Gasteiger partial charge in [-0.3, -0.25) is 9.48 Å². The number of amides is 1. The number of hydrogen-bond donors (Lipinski definition) is 2. The summed E-state index contributed by atoms with van der Waals surface area (Å²) in [6, 6.07) is 5.92.